The first kappa shape index (κ1) is 40.2. The first-order valence-corrected chi connectivity index (χ1v) is 20.8. The van der Waals surface area contributed by atoms with E-state index in [2.05, 4.69) is 0 Å². The number of halogens is 9. The smallest absolute Gasteiger partial charge is 0.170 e. The summed E-state index contributed by atoms with van der Waals surface area (Å²) in [5.74, 6) is 0. The molecular weight excluding hydrogens is 832 g/mol. The van der Waals surface area contributed by atoms with Gasteiger partial charge in [0.15, 0.2) is 0 Å². The molecule has 0 nitrogen and oxygen atoms in total. The van der Waals surface area contributed by atoms with Gasteiger partial charge >= 0.3 is 18.5 Å². The Bertz CT molecular complexity index is 3290. The minimum absolute atomic E-state index is 0.00800. The van der Waals surface area contributed by atoms with Crippen molar-refractivity contribution in [1.29, 1.82) is 0 Å². The SMILES string of the molecule is CC1(C(F)(F)F)c2ccccc2-c2ccc(-c3ccc4c(c3)C(C)(C(F)(F)F)c3cc(-c5ccc6c(c5)C(C)(C(F)(F)F)c5cc(-c7cccc8ccccc78)ccc5-6)ccc3-4)cc21. The van der Waals surface area contributed by atoms with Gasteiger partial charge in [0.2, 0.25) is 0 Å². The highest BCUT2D eigenvalue weighted by Crippen LogP contribution is 2.61. The minimum Gasteiger partial charge on any atom is -0.170 e. The zero-order valence-corrected chi connectivity index (χ0v) is 34.4. The second-order valence-corrected chi connectivity index (χ2v) is 17.7. The molecule has 3 aliphatic carbocycles. The third-order valence-corrected chi connectivity index (χ3v) is 14.6. The summed E-state index contributed by atoms with van der Waals surface area (Å²) >= 11 is 0. The molecule has 0 spiro atoms. The van der Waals surface area contributed by atoms with Crippen LogP contribution in [0.3, 0.4) is 0 Å². The largest absolute Gasteiger partial charge is 0.402 e. The maximum absolute atomic E-state index is 15.7. The van der Waals surface area contributed by atoms with Crippen molar-refractivity contribution in [1.82, 2.24) is 0 Å². The fraction of sp³-hybridized carbons (Fsp3) is 0.164. The Hall–Kier alpha value is -6.61. The van der Waals surface area contributed by atoms with Crippen LogP contribution in [-0.2, 0) is 16.2 Å². The highest BCUT2D eigenvalue weighted by atomic mass is 19.4. The summed E-state index contributed by atoms with van der Waals surface area (Å²) in [6.07, 6.45) is -14.2. The van der Waals surface area contributed by atoms with Crippen LogP contribution in [0.25, 0.3) is 77.5 Å². The van der Waals surface area contributed by atoms with Crippen LogP contribution in [-0.4, -0.2) is 18.5 Å². The lowest BCUT2D eigenvalue weighted by Crippen LogP contribution is -2.39. The van der Waals surface area contributed by atoms with Crippen molar-refractivity contribution in [2.45, 2.75) is 55.5 Å². The van der Waals surface area contributed by atoms with E-state index in [9.17, 15) is 13.2 Å². The fourth-order valence-corrected chi connectivity index (χ4v) is 10.8. The molecule has 0 fully saturated rings. The van der Waals surface area contributed by atoms with Crippen molar-refractivity contribution >= 4 is 10.8 Å². The molecule has 0 heterocycles. The standard InChI is InChI=1S/C55H35F9/c1-50(53(56,57)58)44-14-7-6-12-38(44)39-20-15-31(25-45(39)50)32-16-21-40-41-22-17-33(27-47(41)51(2,46(40)26-32)54(59,60)61)34-18-23-42-43-24-19-35(37-13-8-10-30-9-4-5-11-36(30)37)29-49(43)52(3,48(42)28-34)55(62,63)64/h4-29H,1-3H3. The zero-order chi connectivity index (χ0) is 44.9. The second-order valence-electron chi connectivity index (χ2n) is 17.7. The molecule has 318 valence electrons. The molecule has 9 heteroatoms. The number of alkyl halides is 9. The minimum atomic E-state index is -4.84. The molecular formula is C55H35F9. The van der Waals surface area contributed by atoms with E-state index in [1.54, 1.807) is 78.9 Å². The van der Waals surface area contributed by atoms with E-state index in [0.29, 0.717) is 61.2 Å². The lowest BCUT2D eigenvalue weighted by molar-refractivity contribution is -0.172. The summed E-state index contributed by atoms with van der Waals surface area (Å²) in [6, 6.07) is 43.4. The normalized spacial score (nSPS) is 20.7. The van der Waals surface area contributed by atoms with Gasteiger partial charge in [0.05, 0.1) is 0 Å². The van der Waals surface area contributed by atoms with Crippen LogP contribution in [0, 0.1) is 0 Å². The molecule has 0 saturated heterocycles. The molecule has 8 aromatic rings. The maximum atomic E-state index is 15.7. The third kappa shape index (κ3) is 5.21. The van der Waals surface area contributed by atoms with E-state index in [4.69, 9.17) is 0 Å². The van der Waals surface area contributed by atoms with Crippen LogP contribution in [0.4, 0.5) is 39.5 Å². The molecule has 3 atom stereocenters. The van der Waals surface area contributed by atoms with E-state index in [1.165, 1.54) is 30.3 Å². The van der Waals surface area contributed by atoms with Gasteiger partial charge in [-0.05, 0) is 162 Å². The van der Waals surface area contributed by atoms with Crippen LogP contribution in [0.2, 0.25) is 0 Å². The fourth-order valence-electron chi connectivity index (χ4n) is 10.8. The van der Waals surface area contributed by atoms with E-state index >= 15 is 26.3 Å². The molecule has 0 amide bonds. The molecule has 0 bridgehead atoms. The maximum Gasteiger partial charge on any atom is 0.402 e. The van der Waals surface area contributed by atoms with E-state index in [1.807, 2.05) is 48.5 Å². The summed E-state index contributed by atoms with van der Waals surface area (Å²) < 4.78 is 139. The molecule has 3 unspecified atom stereocenters. The van der Waals surface area contributed by atoms with Gasteiger partial charge in [-0.1, -0.05) is 127 Å². The Morgan fingerprint density at radius 2 is 0.578 bits per heavy atom. The zero-order valence-electron chi connectivity index (χ0n) is 34.4. The van der Waals surface area contributed by atoms with Crippen molar-refractivity contribution in [3.8, 4) is 66.8 Å². The Kier molecular flexibility index (Phi) is 8.16. The lowest BCUT2D eigenvalue weighted by Gasteiger charge is -2.31. The summed E-state index contributed by atoms with van der Waals surface area (Å²) in [6.45, 7) is 3.38. The molecule has 3 aliphatic rings. The average Bonchev–Trinajstić information content (AvgIpc) is 3.81. The van der Waals surface area contributed by atoms with Gasteiger partial charge in [-0.25, -0.2) is 0 Å². The third-order valence-electron chi connectivity index (χ3n) is 14.6. The second kappa shape index (κ2) is 13.0. The number of hydrogen-bond acceptors (Lipinski definition) is 0. The van der Waals surface area contributed by atoms with Gasteiger partial charge < -0.3 is 0 Å². The van der Waals surface area contributed by atoms with E-state index in [-0.39, 0.29) is 33.4 Å². The lowest BCUT2D eigenvalue weighted by atomic mass is 9.76. The van der Waals surface area contributed by atoms with Gasteiger partial charge in [0.25, 0.3) is 0 Å². The van der Waals surface area contributed by atoms with E-state index < -0.39 is 34.8 Å². The van der Waals surface area contributed by atoms with Crippen LogP contribution < -0.4 is 0 Å². The topological polar surface area (TPSA) is 0 Å². The number of fused-ring (bicyclic) bond motifs is 10. The molecule has 0 N–H and O–H groups in total. The molecule has 8 aromatic carbocycles. The van der Waals surface area contributed by atoms with Crippen molar-refractivity contribution < 1.29 is 39.5 Å². The molecule has 0 aliphatic heterocycles. The number of rotatable bonds is 3. The number of hydrogen-bond donors (Lipinski definition) is 0. The summed E-state index contributed by atoms with van der Waals surface area (Å²) in [7, 11) is 0. The Labute approximate surface area is 362 Å². The quantitative estimate of drug-likeness (QED) is 0.155. The van der Waals surface area contributed by atoms with E-state index in [0.717, 1.165) is 37.1 Å². The predicted molar refractivity (Wildman–Crippen MR) is 234 cm³/mol. The first-order valence-electron chi connectivity index (χ1n) is 20.8. The molecule has 0 aromatic heterocycles. The predicted octanol–water partition coefficient (Wildman–Crippen LogP) is 16.4. The highest BCUT2D eigenvalue weighted by molar-refractivity contribution is 5.98. The summed E-state index contributed by atoms with van der Waals surface area (Å²) in [4.78, 5) is 0. The van der Waals surface area contributed by atoms with Crippen LogP contribution >= 0.6 is 0 Å². The van der Waals surface area contributed by atoms with Crippen LogP contribution in [0.5, 0.6) is 0 Å². The first-order chi connectivity index (χ1) is 30.3. The van der Waals surface area contributed by atoms with Crippen molar-refractivity contribution in [3.05, 3.63) is 191 Å². The molecule has 64 heavy (non-hydrogen) atoms. The summed E-state index contributed by atoms with van der Waals surface area (Å²) in [5.41, 5.74) is -2.18. The van der Waals surface area contributed by atoms with Gasteiger partial charge in [0.1, 0.15) is 16.2 Å². The number of benzene rings is 8. The Morgan fingerprint density at radius 3 is 1.00 bits per heavy atom. The monoisotopic (exact) mass is 866 g/mol. The molecule has 0 radical (unpaired) electrons. The molecule has 0 saturated carbocycles. The highest BCUT2D eigenvalue weighted by Gasteiger charge is 2.61. The average molecular weight is 867 g/mol. The van der Waals surface area contributed by atoms with Crippen molar-refractivity contribution in [2.75, 3.05) is 0 Å². The molecule has 11 rings (SSSR count). The van der Waals surface area contributed by atoms with Gasteiger partial charge in [-0.15, -0.1) is 0 Å². The Morgan fingerprint density at radius 1 is 0.281 bits per heavy atom. The van der Waals surface area contributed by atoms with Gasteiger partial charge in [-0.3, -0.25) is 0 Å². The van der Waals surface area contributed by atoms with Gasteiger partial charge in [0, 0.05) is 0 Å². The van der Waals surface area contributed by atoms with Crippen LogP contribution in [0.15, 0.2) is 158 Å². The van der Waals surface area contributed by atoms with Crippen LogP contribution in [0.1, 0.15) is 54.2 Å². The summed E-state index contributed by atoms with van der Waals surface area (Å²) in [5, 5.41) is 1.86. The van der Waals surface area contributed by atoms with Crippen molar-refractivity contribution in [3.63, 3.8) is 0 Å². The Balaban J connectivity index is 1.00. The van der Waals surface area contributed by atoms with Crippen molar-refractivity contribution in [2.24, 2.45) is 0 Å². The van der Waals surface area contributed by atoms with Gasteiger partial charge in [-0.2, -0.15) is 39.5 Å².